The molecule has 110 valence electrons. The third kappa shape index (κ3) is 4.42. The van der Waals surface area contributed by atoms with Crippen molar-refractivity contribution in [2.45, 2.75) is 32.4 Å². The Balaban J connectivity index is 1.75. The highest BCUT2D eigenvalue weighted by Crippen LogP contribution is 2.30. The fourth-order valence-corrected chi connectivity index (χ4v) is 1.80. The molecule has 0 radical (unpaired) electrons. The molecule has 0 saturated carbocycles. The molecule has 1 unspecified atom stereocenters. The summed E-state index contributed by atoms with van der Waals surface area (Å²) < 4.78 is 11.4. The van der Waals surface area contributed by atoms with Gasteiger partial charge in [0.05, 0.1) is 13.1 Å². The van der Waals surface area contributed by atoms with Gasteiger partial charge in [0, 0.05) is 5.54 Å². The van der Waals surface area contributed by atoms with Crippen molar-refractivity contribution in [3.63, 3.8) is 0 Å². The third-order valence-corrected chi connectivity index (χ3v) is 2.87. The summed E-state index contributed by atoms with van der Waals surface area (Å²) >= 11 is 0. The van der Waals surface area contributed by atoms with Crippen LogP contribution in [-0.2, 0) is 4.79 Å². The number of para-hydroxylation sites is 2. The molecule has 0 fully saturated rings. The van der Waals surface area contributed by atoms with E-state index in [1.54, 1.807) is 0 Å². The average Bonchev–Trinajstić information content (AvgIpc) is 2.42. The van der Waals surface area contributed by atoms with E-state index in [1.165, 1.54) is 0 Å². The Morgan fingerprint density at radius 3 is 2.70 bits per heavy atom. The van der Waals surface area contributed by atoms with Crippen molar-refractivity contribution in [3.8, 4) is 11.5 Å². The van der Waals surface area contributed by atoms with Gasteiger partial charge in [0.25, 0.3) is 0 Å². The van der Waals surface area contributed by atoms with E-state index in [2.05, 4.69) is 10.6 Å². The molecule has 1 aromatic carbocycles. The Morgan fingerprint density at radius 1 is 1.30 bits per heavy atom. The zero-order chi connectivity index (χ0) is 14.6. The van der Waals surface area contributed by atoms with E-state index in [1.807, 2.05) is 45.0 Å². The first-order valence-electron chi connectivity index (χ1n) is 6.84. The molecule has 0 aromatic heterocycles. The zero-order valence-electron chi connectivity index (χ0n) is 12.2. The maximum Gasteiger partial charge on any atom is 0.234 e. The first kappa shape index (κ1) is 14.7. The van der Waals surface area contributed by atoms with Crippen LogP contribution < -0.4 is 20.1 Å². The molecular weight excluding hydrogens is 256 g/mol. The number of amides is 1. The van der Waals surface area contributed by atoms with E-state index in [0.29, 0.717) is 19.7 Å². The second-order valence-corrected chi connectivity index (χ2v) is 5.91. The molecule has 1 heterocycles. The van der Waals surface area contributed by atoms with E-state index in [0.717, 1.165) is 11.5 Å². The quantitative estimate of drug-likeness (QED) is 0.872. The third-order valence-electron chi connectivity index (χ3n) is 2.87. The van der Waals surface area contributed by atoms with E-state index in [4.69, 9.17) is 9.47 Å². The lowest BCUT2D eigenvalue weighted by Gasteiger charge is -2.27. The highest BCUT2D eigenvalue weighted by molar-refractivity contribution is 5.78. The van der Waals surface area contributed by atoms with Crippen LogP contribution in [0.15, 0.2) is 24.3 Å². The second kappa shape index (κ2) is 6.13. The van der Waals surface area contributed by atoms with E-state index in [-0.39, 0.29) is 17.6 Å². The molecule has 0 spiro atoms. The first-order chi connectivity index (χ1) is 9.44. The molecule has 5 heteroatoms. The number of carbonyl (C=O) groups is 1. The van der Waals surface area contributed by atoms with Gasteiger partial charge in [0.1, 0.15) is 12.7 Å². The minimum Gasteiger partial charge on any atom is -0.486 e. The van der Waals surface area contributed by atoms with Crippen LogP contribution in [0.25, 0.3) is 0 Å². The smallest absolute Gasteiger partial charge is 0.234 e. The van der Waals surface area contributed by atoms with Gasteiger partial charge in [0.2, 0.25) is 5.91 Å². The molecule has 2 N–H and O–H groups in total. The van der Waals surface area contributed by atoms with E-state index >= 15 is 0 Å². The summed E-state index contributed by atoms with van der Waals surface area (Å²) in [4.78, 5) is 11.7. The van der Waals surface area contributed by atoms with Crippen LogP contribution in [-0.4, -0.2) is 37.2 Å². The largest absolute Gasteiger partial charge is 0.486 e. The summed E-state index contributed by atoms with van der Waals surface area (Å²) in [6.07, 6.45) is -0.150. The summed E-state index contributed by atoms with van der Waals surface area (Å²) in [6, 6.07) is 7.54. The van der Waals surface area contributed by atoms with Crippen LogP contribution in [0.4, 0.5) is 0 Å². The molecule has 1 aliphatic heterocycles. The van der Waals surface area contributed by atoms with Gasteiger partial charge in [-0.05, 0) is 32.9 Å². The van der Waals surface area contributed by atoms with Gasteiger partial charge >= 0.3 is 0 Å². The van der Waals surface area contributed by atoms with Crippen molar-refractivity contribution in [2.24, 2.45) is 0 Å². The Hall–Kier alpha value is -1.75. The molecule has 20 heavy (non-hydrogen) atoms. The van der Waals surface area contributed by atoms with Gasteiger partial charge in [-0.2, -0.15) is 0 Å². The number of carbonyl (C=O) groups excluding carboxylic acids is 1. The number of hydrogen-bond donors (Lipinski definition) is 2. The predicted molar refractivity (Wildman–Crippen MR) is 77.1 cm³/mol. The SMILES string of the molecule is CC(C)(C)NCC(=O)NCC1COc2ccccc2O1. The first-order valence-corrected chi connectivity index (χ1v) is 6.84. The van der Waals surface area contributed by atoms with Crippen LogP contribution in [0, 0.1) is 0 Å². The lowest BCUT2D eigenvalue weighted by atomic mass is 10.1. The number of hydrogen-bond acceptors (Lipinski definition) is 4. The zero-order valence-corrected chi connectivity index (χ0v) is 12.2. The summed E-state index contributed by atoms with van der Waals surface area (Å²) in [6.45, 7) is 7.26. The van der Waals surface area contributed by atoms with E-state index < -0.39 is 0 Å². The number of benzene rings is 1. The molecule has 5 nitrogen and oxygen atoms in total. The topological polar surface area (TPSA) is 59.6 Å². The van der Waals surface area contributed by atoms with Crippen LogP contribution in [0.1, 0.15) is 20.8 Å². The summed E-state index contributed by atoms with van der Waals surface area (Å²) in [7, 11) is 0. The van der Waals surface area contributed by atoms with Gasteiger partial charge in [-0.15, -0.1) is 0 Å². The molecule has 1 amide bonds. The van der Waals surface area contributed by atoms with Crippen LogP contribution >= 0.6 is 0 Å². The van der Waals surface area contributed by atoms with Gasteiger partial charge in [0.15, 0.2) is 11.5 Å². The highest BCUT2D eigenvalue weighted by Gasteiger charge is 2.21. The van der Waals surface area contributed by atoms with Crippen LogP contribution in [0.3, 0.4) is 0 Å². The van der Waals surface area contributed by atoms with Gasteiger partial charge < -0.3 is 20.1 Å². The number of fused-ring (bicyclic) bond motifs is 1. The van der Waals surface area contributed by atoms with Crippen molar-refractivity contribution >= 4 is 5.91 Å². The number of ether oxygens (including phenoxy) is 2. The highest BCUT2D eigenvalue weighted by atomic mass is 16.6. The lowest BCUT2D eigenvalue weighted by Crippen LogP contribution is -2.46. The minimum atomic E-state index is -0.150. The van der Waals surface area contributed by atoms with Gasteiger partial charge in [-0.3, -0.25) is 4.79 Å². The number of rotatable bonds is 4. The summed E-state index contributed by atoms with van der Waals surface area (Å²) in [5.41, 5.74) is -0.0687. The maximum atomic E-state index is 11.7. The lowest BCUT2D eigenvalue weighted by molar-refractivity contribution is -0.121. The summed E-state index contributed by atoms with van der Waals surface area (Å²) in [5, 5.41) is 5.99. The van der Waals surface area contributed by atoms with Crippen molar-refractivity contribution in [1.82, 2.24) is 10.6 Å². The molecule has 1 aromatic rings. The minimum absolute atomic E-state index is 0.0395. The van der Waals surface area contributed by atoms with Crippen molar-refractivity contribution in [1.29, 1.82) is 0 Å². The normalized spacial score (nSPS) is 17.6. The Kier molecular flexibility index (Phi) is 4.49. The number of nitrogens with one attached hydrogen (secondary N) is 2. The predicted octanol–water partition coefficient (Wildman–Crippen LogP) is 1.33. The Morgan fingerprint density at radius 2 is 2.00 bits per heavy atom. The molecule has 1 atom stereocenters. The van der Waals surface area contributed by atoms with Crippen LogP contribution in [0.5, 0.6) is 11.5 Å². The molecule has 2 rings (SSSR count). The molecule has 0 aliphatic carbocycles. The average molecular weight is 278 g/mol. The molecule has 1 aliphatic rings. The van der Waals surface area contributed by atoms with Gasteiger partial charge in [-0.1, -0.05) is 12.1 Å². The van der Waals surface area contributed by atoms with Crippen molar-refractivity contribution in [2.75, 3.05) is 19.7 Å². The summed E-state index contributed by atoms with van der Waals surface area (Å²) in [5.74, 6) is 1.44. The molecular formula is C15H22N2O3. The van der Waals surface area contributed by atoms with Crippen molar-refractivity contribution in [3.05, 3.63) is 24.3 Å². The maximum absolute atomic E-state index is 11.7. The Labute approximate surface area is 119 Å². The van der Waals surface area contributed by atoms with Crippen molar-refractivity contribution < 1.29 is 14.3 Å². The molecule has 0 saturated heterocycles. The second-order valence-electron chi connectivity index (χ2n) is 5.91. The monoisotopic (exact) mass is 278 g/mol. The van der Waals surface area contributed by atoms with Gasteiger partial charge in [-0.25, -0.2) is 0 Å². The van der Waals surface area contributed by atoms with Crippen LogP contribution in [0.2, 0.25) is 0 Å². The molecule has 0 bridgehead atoms. The Bertz CT molecular complexity index is 468. The van der Waals surface area contributed by atoms with E-state index in [9.17, 15) is 4.79 Å². The fraction of sp³-hybridized carbons (Fsp3) is 0.533. The standard InChI is InChI=1S/C15H22N2O3/c1-15(2,3)17-9-14(18)16-8-11-10-19-12-6-4-5-7-13(12)20-11/h4-7,11,17H,8-10H2,1-3H3,(H,16,18). The fourth-order valence-electron chi connectivity index (χ4n) is 1.80.